The van der Waals surface area contributed by atoms with Gasteiger partial charge in [0.15, 0.2) is 5.78 Å². The van der Waals surface area contributed by atoms with E-state index >= 15 is 0 Å². The van der Waals surface area contributed by atoms with Crippen molar-refractivity contribution in [2.24, 2.45) is 9.98 Å². The van der Waals surface area contributed by atoms with Crippen LogP contribution in [0, 0.1) is 0 Å². The molecular weight excluding hydrogens is 1220 g/mol. The number of aryl methyl sites for hydroxylation is 2. The van der Waals surface area contributed by atoms with Gasteiger partial charge < -0.3 is 29.8 Å². The predicted molar refractivity (Wildman–Crippen MR) is 337 cm³/mol. The minimum absolute atomic E-state index is 0.00562. The highest BCUT2D eigenvalue weighted by molar-refractivity contribution is 7.54. The normalized spacial score (nSPS) is 14.8. The van der Waals surface area contributed by atoms with Gasteiger partial charge in [0, 0.05) is 87.9 Å². The number of nitrogens with one attached hydrogen (secondary N) is 2. The fourth-order valence-electron chi connectivity index (χ4n) is 10.1. The van der Waals surface area contributed by atoms with Crippen LogP contribution in [0.5, 0.6) is 5.75 Å². The van der Waals surface area contributed by atoms with E-state index in [1.54, 1.807) is 39.3 Å². The van der Waals surface area contributed by atoms with E-state index < -0.39 is 23.5 Å². The Morgan fingerprint density at radius 1 is 0.602 bits per heavy atom. The number of benzene rings is 7. The van der Waals surface area contributed by atoms with Crippen LogP contribution in [0.1, 0.15) is 57.3 Å². The van der Waals surface area contributed by atoms with E-state index in [-0.39, 0.29) is 49.1 Å². The number of aliphatic hydroxyl groups is 2. The van der Waals surface area contributed by atoms with Gasteiger partial charge in [0.05, 0.1) is 52.8 Å². The van der Waals surface area contributed by atoms with Crippen molar-refractivity contribution in [1.29, 1.82) is 0 Å². The first-order valence-electron chi connectivity index (χ1n) is 26.3. The summed E-state index contributed by atoms with van der Waals surface area (Å²) in [4.78, 5) is 70.5. The molecule has 22 heteroatoms. The van der Waals surface area contributed by atoms with Gasteiger partial charge in [-0.1, -0.05) is 113 Å². The van der Waals surface area contributed by atoms with Crippen LogP contribution in [0.25, 0.3) is 22.1 Å². The van der Waals surface area contributed by atoms with Crippen LogP contribution in [0.3, 0.4) is 0 Å². The zero-order valence-corrected chi connectivity index (χ0v) is 50.9. The summed E-state index contributed by atoms with van der Waals surface area (Å²) >= 11 is 24.1. The van der Waals surface area contributed by atoms with Crippen molar-refractivity contribution in [3.8, 4) is 5.75 Å². The molecule has 0 bridgehead atoms. The second kappa shape index (κ2) is 28.2. The number of methoxy groups -OCH3 is 1. The fourth-order valence-corrected chi connectivity index (χ4v) is 10.9. The van der Waals surface area contributed by atoms with Crippen molar-refractivity contribution in [3.05, 3.63) is 231 Å². The van der Waals surface area contributed by atoms with Crippen LogP contribution in [-0.4, -0.2) is 96.2 Å². The predicted octanol–water partition coefficient (Wildman–Crippen LogP) is 12.3. The highest BCUT2D eigenvalue weighted by atomic mass is 35.8. The van der Waals surface area contributed by atoms with Gasteiger partial charge in [-0.2, -0.15) is 0 Å². The number of aliphatic imine (C=N–C) groups is 2. The Labute approximate surface area is 514 Å². The van der Waals surface area contributed by atoms with Crippen molar-refractivity contribution < 1.29 is 24.5 Å². The van der Waals surface area contributed by atoms with E-state index in [1.165, 1.54) is 0 Å². The van der Waals surface area contributed by atoms with E-state index in [1.807, 2.05) is 127 Å². The lowest BCUT2D eigenvalue weighted by molar-refractivity contribution is -0.120. The standard InChI is InChI=1S/C34H30Cl2N4O4.C27H23Cl2N3O3.Al.3ClH/c1-44-25-11-7-21(8-12-25)20-40-30-14-10-24(35)19-26(30)32(37-29(33(40)42)17-22-5-2-3-6-27(22)36)23-9-13-28-31(18-23)39(15-4-16-41)34(43)38-28;28-19-8-6-16-14-25(34)23(12-17-4-1-2-5-21(17)29)30-26(20(16)15-19)18-7-9-22-24(13-18)32(10-3-11-33)27(35)31-22;;;;/h2-3,5-14,18-19,29,41H,4,15-17,20H2,1H3,(H,38,43);1-2,4-9,13,15,23,33H,3,10-12,14H2,(H,31,35);;3*1H/q;;+3;;;/p-3/t29-;23-;;;;/m00..../s1. The summed E-state index contributed by atoms with van der Waals surface area (Å²) in [5.74, 6) is 0.552. The summed E-state index contributed by atoms with van der Waals surface area (Å²) in [5, 5.41) is 20.9. The lowest BCUT2D eigenvalue weighted by Gasteiger charge is -2.26. The van der Waals surface area contributed by atoms with Crippen molar-refractivity contribution >= 4 is 139 Å². The number of rotatable bonds is 15. The molecule has 0 saturated carbocycles. The van der Waals surface area contributed by atoms with Gasteiger partial charge in [-0.05, 0) is 114 Å². The number of fused-ring (bicyclic) bond motifs is 4. The van der Waals surface area contributed by atoms with Crippen LogP contribution in [0.15, 0.2) is 165 Å². The third-order valence-electron chi connectivity index (χ3n) is 14.1. The molecule has 4 N–H and O–H groups in total. The Morgan fingerprint density at radius 2 is 1.10 bits per heavy atom. The van der Waals surface area contributed by atoms with Gasteiger partial charge >= 0.3 is 22.8 Å². The minimum atomic E-state index is -1.72. The van der Waals surface area contributed by atoms with Crippen molar-refractivity contribution in [2.75, 3.05) is 25.2 Å². The Bertz CT molecular complexity index is 4030. The quantitative estimate of drug-likeness (QED) is 0.0735. The topological polar surface area (TPSA) is 187 Å². The Balaban J connectivity index is 0.000000192. The number of Topliss-reactive ketones (excluding diaryl/α,β-unsaturated/α-hetero) is 1. The number of amides is 1. The number of anilines is 1. The number of nitrogens with zero attached hydrogens (tertiary/aromatic N) is 5. The number of benzodiazepines with no additional fused rings is 1. The number of aliphatic hydroxyl groups excluding tert-OH is 2. The van der Waals surface area contributed by atoms with Gasteiger partial charge in [-0.15, -0.1) is 0 Å². The molecule has 7 aromatic carbocycles. The lowest BCUT2D eigenvalue weighted by Crippen LogP contribution is -2.38. The van der Waals surface area contributed by atoms with E-state index in [9.17, 15) is 29.4 Å². The zero-order valence-electron chi connectivity index (χ0n) is 44.5. The number of ether oxygens (including phenoxy) is 1. The minimum Gasteiger partial charge on any atom is -0.497 e. The molecule has 83 heavy (non-hydrogen) atoms. The fraction of sp³-hybridized carbons (Fsp3) is 0.213. The van der Waals surface area contributed by atoms with Crippen LogP contribution in [0.2, 0.25) is 20.1 Å². The number of aromatic nitrogens is 4. The van der Waals surface area contributed by atoms with Crippen LogP contribution < -0.4 is 21.0 Å². The number of halogens is 7. The third-order valence-corrected chi connectivity index (χ3v) is 15.3. The molecule has 426 valence electrons. The first kappa shape index (κ1) is 61.4. The van der Waals surface area contributed by atoms with Crippen molar-refractivity contribution in [2.45, 2.75) is 63.8 Å². The molecule has 9 aromatic rings. The maximum atomic E-state index is 14.4. The van der Waals surface area contributed by atoms with Gasteiger partial charge in [0.2, 0.25) is 0 Å². The van der Waals surface area contributed by atoms with Gasteiger partial charge in [0.25, 0.3) is 5.91 Å². The number of ketones is 1. The van der Waals surface area contributed by atoms with Gasteiger partial charge in [0.1, 0.15) is 17.8 Å². The Kier molecular flexibility index (Phi) is 20.8. The first-order chi connectivity index (χ1) is 40.0. The number of H-pyrrole nitrogens is 2. The second-order valence-electron chi connectivity index (χ2n) is 19.5. The molecule has 0 spiro atoms. The summed E-state index contributed by atoms with van der Waals surface area (Å²) in [6.07, 6.45) is 1.81. The number of carbonyl (C=O) groups is 2. The smallest absolute Gasteiger partial charge is 0.497 e. The summed E-state index contributed by atoms with van der Waals surface area (Å²) in [5.41, 5.74) is 10.6. The van der Waals surface area contributed by atoms with Crippen LogP contribution in [-0.2, 0) is 48.5 Å². The number of carbonyl (C=O) groups excluding carboxylic acids is 2. The molecule has 2 aromatic heterocycles. The van der Waals surface area contributed by atoms with Crippen molar-refractivity contribution in [1.82, 2.24) is 19.1 Å². The summed E-state index contributed by atoms with van der Waals surface area (Å²) in [7, 11) is 16.4. The first-order valence-corrected chi connectivity index (χ1v) is 33.1. The molecule has 11 rings (SSSR count). The van der Waals surface area contributed by atoms with E-state index in [0.29, 0.717) is 104 Å². The van der Waals surface area contributed by atoms with Crippen LogP contribution >= 0.6 is 76.6 Å². The zero-order chi connectivity index (χ0) is 58.9. The van der Waals surface area contributed by atoms with Crippen LogP contribution in [0.4, 0.5) is 5.69 Å². The molecule has 0 unspecified atom stereocenters. The average Bonchev–Trinajstić information content (AvgIpc) is 3.80. The molecule has 2 aliphatic rings. The molecule has 2 aliphatic heterocycles. The second-order valence-corrected chi connectivity index (χ2v) is 27.6. The number of hydrogen-bond acceptors (Lipinski definition) is 9. The Hall–Kier alpha value is -6.16. The maximum Gasteiger partial charge on any atom is 0.643 e. The molecule has 1 amide bonds. The maximum absolute atomic E-state index is 14.4. The third kappa shape index (κ3) is 14.7. The summed E-state index contributed by atoms with van der Waals surface area (Å²) in [6, 6.07) is 43.3. The summed E-state index contributed by atoms with van der Waals surface area (Å²) in [6.45, 7) is 1.01. The van der Waals surface area contributed by atoms with E-state index in [4.69, 9.17) is 91.3 Å². The lowest BCUT2D eigenvalue weighted by atomic mass is 9.95. The molecular formula is C61H53AlCl7N7O7. The van der Waals surface area contributed by atoms with E-state index in [0.717, 1.165) is 44.7 Å². The van der Waals surface area contributed by atoms with Crippen molar-refractivity contribution in [3.63, 3.8) is 0 Å². The largest absolute Gasteiger partial charge is 0.643 e. The van der Waals surface area contributed by atoms with Gasteiger partial charge in [-0.25, -0.2) is 39.7 Å². The molecule has 0 saturated heterocycles. The molecule has 2 atom stereocenters. The Morgan fingerprint density at radius 3 is 1.63 bits per heavy atom. The number of hydrogen-bond donors (Lipinski definition) is 4. The average molecular weight is 1270 g/mol. The molecule has 14 nitrogen and oxygen atoms in total. The molecule has 0 radical (unpaired) electrons. The van der Waals surface area contributed by atoms with E-state index in [2.05, 4.69) is 9.97 Å². The van der Waals surface area contributed by atoms with Gasteiger partial charge in [-0.3, -0.25) is 28.7 Å². The summed E-state index contributed by atoms with van der Waals surface area (Å²) < 4.78 is 8.54. The monoisotopic (exact) mass is 1270 g/mol. The molecule has 4 heterocycles. The highest BCUT2D eigenvalue weighted by Gasteiger charge is 2.34. The highest BCUT2D eigenvalue weighted by Crippen LogP contribution is 2.35. The number of aromatic amines is 2. The molecule has 0 fully saturated rings. The SMILES string of the molecule is COc1ccc(CN2C(=O)[C@H](Cc3ccccc3Cl)N=C(c3ccc4[nH]c(=O)n(CCCO)c4c3)c3cc(Cl)ccc32)cc1.O=C1Cc2ccc(Cl)cc2C(c2ccc3[nH]c(=O)n(CCCO)c3c2)=N[C@H]1Cc1ccccc1Cl.[Cl][Al]([Cl])[Cl]. The number of imidazole rings is 2. The molecule has 0 aliphatic carbocycles.